The van der Waals surface area contributed by atoms with Crippen molar-refractivity contribution < 1.29 is 96.8 Å². The van der Waals surface area contributed by atoms with Crippen molar-refractivity contribution in [3.05, 3.63) is 192 Å². The monoisotopic (exact) mass is 1410 g/mol. The molecule has 0 radical (unpaired) electrons. The molecule has 0 amide bonds. The van der Waals surface area contributed by atoms with Crippen LogP contribution < -0.4 is 19.6 Å². The van der Waals surface area contributed by atoms with Crippen LogP contribution in [0.4, 0.5) is 34.1 Å². The topological polar surface area (TPSA) is 332 Å². The summed E-state index contributed by atoms with van der Waals surface area (Å²) in [5, 5.41) is 64.6. The van der Waals surface area contributed by atoms with Gasteiger partial charge in [-0.05, 0) is 196 Å². The number of rotatable bonds is 38. The first-order valence-corrected chi connectivity index (χ1v) is 33.3. The van der Waals surface area contributed by atoms with Gasteiger partial charge in [-0.2, -0.15) is 20.5 Å². The van der Waals surface area contributed by atoms with Gasteiger partial charge >= 0.3 is 35.8 Å². The number of esters is 6. The van der Waals surface area contributed by atoms with E-state index in [1.54, 1.807) is 86.7 Å². The van der Waals surface area contributed by atoms with E-state index in [0.717, 1.165) is 44.2 Å². The minimum Gasteiger partial charge on any atom is -0.497 e. The van der Waals surface area contributed by atoms with E-state index < -0.39 is 105 Å². The number of nitrogens with zero attached hydrogens (tertiary/aromatic N) is 6. The molecule has 8 rings (SSSR count). The second-order valence-corrected chi connectivity index (χ2v) is 24.9. The highest BCUT2D eigenvalue weighted by Crippen LogP contribution is 2.32. The SMILES string of the molecule is CCN(OCCOC(=O)[C@@H](C)c1ccc2cc(OC)ccc2c1)c1ccc(N=Nc2ccc(C(=O)OCC(COC(=O)c3ccc(N=Nc4ccc(N(CC)OCCOC(=O)[C@@H](C)c5ccc6cc(OC)ccc6c5)cc4)cc3)(COC(=O)C(C)(CO)CO)COC(=O)C(C)(CO)CO)cc2)cc1. The highest BCUT2D eigenvalue weighted by Gasteiger charge is 2.43. The summed E-state index contributed by atoms with van der Waals surface area (Å²) < 4.78 is 44.5. The molecule has 8 aromatic carbocycles. The fourth-order valence-electron chi connectivity index (χ4n) is 10.0. The second-order valence-electron chi connectivity index (χ2n) is 24.9. The van der Waals surface area contributed by atoms with Gasteiger partial charge in [0.05, 0.1) is 97.7 Å². The first kappa shape index (κ1) is 78.0. The molecular formula is C77H86N6O20. The van der Waals surface area contributed by atoms with Crippen molar-refractivity contribution in [3.8, 4) is 11.5 Å². The molecule has 2 atom stereocenters. The molecule has 0 fully saturated rings. The van der Waals surface area contributed by atoms with E-state index in [4.69, 9.17) is 47.6 Å². The summed E-state index contributed by atoms with van der Waals surface area (Å²) in [6.07, 6.45) is 0. The summed E-state index contributed by atoms with van der Waals surface area (Å²) in [5.41, 5.74) is -0.773. The summed E-state index contributed by atoms with van der Waals surface area (Å²) in [6, 6.07) is 48.8. The zero-order chi connectivity index (χ0) is 74.1. The van der Waals surface area contributed by atoms with E-state index in [0.29, 0.717) is 47.2 Å². The van der Waals surface area contributed by atoms with Crippen molar-refractivity contribution >= 4 is 91.5 Å². The fraction of sp³-hybridized carbons (Fsp3) is 0.351. The quantitative estimate of drug-likeness (QED) is 0.00918. The van der Waals surface area contributed by atoms with Crippen molar-refractivity contribution in [2.75, 3.05) is 117 Å². The molecule has 0 aromatic heterocycles. The number of anilines is 2. The number of aliphatic hydroxyl groups is 4. The minimum atomic E-state index is -1.91. The predicted molar refractivity (Wildman–Crippen MR) is 381 cm³/mol. The first-order valence-electron chi connectivity index (χ1n) is 33.3. The first-order chi connectivity index (χ1) is 49.6. The van der Waals surface area contributed by atoms with Crippen molar-refractivity contribution in [2.45, 2.75) is 53.4 Å². The van der Waals surface area contributed by atoms with Gasteiger partial charge in [0.15, 0.2) is 0 Å². The number of hydroxylamine groups is 2. The lowest BCUT2D eigenvalue weighted by atomic mass is 9.90. The van der Waals surface area contributed by atoms with Gasteiger partial charge in [0.25, 0.3) is 0 Å². The number of carbonyl (C=O) groups excluding carboxylic acids is 6. The van der Waals surface area contributed by atoms with Gasteiger partial charge in [-0.1, -0.05) is 48.5 Å². The maximum atomic E-state index is 13.8. The number of aliphatic hydroxyl groups excluding tert-OH is 4. The van der Waals surface area contributed by atoms with Crippen molar-refractivity contribution in [2.24, 2.45) is 36.7 Å². The Morgan fingerprint density at radius 1 is 0.398 bits per heavy atom. The molecule has 0 saturated heterocycles. The largest absolute Gasteiger partial charge is 0.497 e. The third kappa shape index (κ3) is 21.2. The number of ether oxygens (including phenoxy) is 8. The molecule has 0 bridgehead atoms. The lowest BCUT2D eigenvalue weighted by Crippen LogP contribution is -2.47. The lowest BCUT2D eigenvalue weighted by molar-refractivity contribution is -0.175. The maximum absolute atomic E-state index is 13.8. The van der Waals surface area contributed by atoms with Crippen molar-refractivity contribution in [1.82, 2.24) is 0 Å². The fourth-order valence-corrected chi connectivity index (χ4v) is 10.0. The van der Waals surface area contributed by atoms with Crippen LogP contribution in [0.3, 0.4) is 0 Å². The van der Waals surface area contributed by atoms with Crippen molar-refractivity contribution in [3.63, 3.8) is 0 Å². The Bertz CT molecular complexity index is 3950. The van der Waals surface area contributed by atoms with Crippen LogP contribution in [0.1, 0.15) is 85.2 Å². The lowest BCUT2D eigenvalue weighted by Gasteiger charge is -2.34. The minimum absolute atomic E-state index is 0.0159. The zero-order valence-electron chi connectivity index (χ0n) is 58.7. The number of hydrogen-bond acceptors (Lipinski definition) is 26. The zero-order valence-corrected chi connectivity index (χ0v) is 58.7. The number of methoxy groups -OCH3 is 2. The number of fused-ring (bicyclic) bond motifs is 2. The summed E-state index contributed by atoms with van der Waals surface area (Å²) in [7, 11) is 3.22. The molecule has 0 aliphatic carbocycles. The van der Waals surface area contributed by atoms with E-state index in [-0.39, 0.29) is 49.5 Å². The van der Waals surface area contributed by atoms with Gasteiger partial charge in [-0.3, -0.25) is 39.0 Å². The van der Waals surface area contributed by atoms with Crippen LogP contribution >= 0.6 is 0 Å². The molecule has 0 saturated carbocycles. The van der Waals surface area contributed by atoms with Gasteiger partial charge in [0.2, 0.25) is 0 Å². The average Bonchev–Trinajstić information content (AvgIpc) is 0.828. The molecule has 26 heteroatoms. The van der Waals surface area contributed by atoms with Crippen molar-refractivity contribution in [1.29, 1.82) is 0 Å². The van der Waals surface area contributed by atoms with Gasteiger partial charge in [0.1, 0.15) is 80.6 Å². The van der Waals surface area contributed by atoms with Crippen LogP contribution in [0.25, 0.3) is 21.5 Å². The van der Waals surface area contributed by atoms with E-state index in [9.17, 15) is 49.2 Å². The molecule has 103 heavy (non-hydrogen) atoms. The highest BCUT2D eigenvalue weighted by atomic mass is 16.7. The van der Waals surface area contributed by atoms with Crippen LogP contribution in [0, 0.1) is 16.2 Å². The Hall–Kier alpha value is -10.7. The molecule has 0 spiro atoms. The number of benzene rings is 8. The van der Waals surface area contributed by atoms with Gasteiger partial charge in [-0.15, -0.1) is 0 Å². The number of hydrogen-bond donors (Lipinski definition) is 4. The van der Waals surface area contributed by atoms with Crippen LogP contribution in [0.2, 0.25) is 0 Å². The Morgan fingerprint density at radius 3 is 1.03 bits per heavy atom. The number of carbonyl (C=O) groups is 6. The second kappa shape index (κ2) is 37.3. The molecule has 8 aromatic rings. The van der Waals surface area contributed by atoms with Crippen LogP contribution in [-0.2, 0) is 57.3 Å². The van der Waals surface area contributed by atoms with E-state index in [1.165, 1.54) is 62.4 Å². The van der Waals surface area contributed by atoms with Crippen LogP contribution in [-0.4, -0.2) is 163 Å². The van der Waals surface area contributed by atoms with Gasteiger partial charge < -0.3 is 58.3 Å². The normalized spacial score (nSPS) is 12.4. The van der Waals surface area contributed by atoms with E-state index >= 15 is 0 Å². The summed E-state index contributed by atoms with van der Waals surface area (Å²) in [5.74, 6) is -4.32. The molecule has 544 valence electrons. The summed E-state index contributed by atoms with van der Waals surface area (Å²) in [6.45, 7) is 4.64. The molecule has 0 unspecified atom stereocenters. The molecule has 0 heterocycles. The number of azo groups is 2. The standard InChI is InChI=1S/C77H86N6O20/c1-9-82(102-37-35-96-69(88)51(3)55-11-13-59-41-67(94-7)33-19-57(59)39-55)65-29-25-63(26-30-65)80-78-61-21-15-53(16-22-61)71(90)98-47-77(49-100-73(92)75(5,43-84)44-85,50-101-74(93)76(6,45-86)46-87)48-99-72(91)54-17-23-62(24-18-54)79-81-64-27-31-66(32-28-64)83(10-2)103-38-36-97-70(89)52(4)56-12-14-60-42-68(95-8)34-20-58(60)40-56/h11-34,39-42,51-52,84-87H,9-10,35-38,43-50H2,1-8H3/t51-,52-/m0/s1. The van der Waals surface area contributed by atoms with E-state index in [1.807, 2.05) is 86.6 Å². The van der Waals surface area contributed by atoms with E-state index in [2.05, 4.69) is 20.5 Å². The van der Waals surface area contributed by atoms with Crippen LogP contribution in [0.5, 0.6) is 11.5 Å². The average molecular weight is 1420 g/mol. The van der Waals surface area contributed by atoms with Gasteiger partial charge in [-0.25, -0.2) is 9.59 Å². The molecule has 0 aliphatic heterocycles. The molecule has 26 nitrogen and oxygen atoms in total. The predicted octanol–water partition coefficient (Wildman–Crippen LogP) is 12.1. The Labute approximate surface area is 596 Å². The molecular weight excluding hydrogens is 1330 g/mol. The highest BCUT2D eigenvalue weighted by molar-refractivity contribution is 5.91. The van der Waals surface area contributed by atoms with Gasteiger partial charge in [0, 0.05) is 13.1 Å². The Kier molecular flexibility index (Phi) is 28.2. The third-order valence-electron chi connectivity index (χ3n) is 17.0. The molecule has 0 aliphatic rings. The maximum Gasteiger partial charge on any atom is 0.338 e. The smallest absolute Gasteiger partial charge is 0.338 e. The third-order valence-corrected chi connectivity index (χ3v) is 17.0. The Balaban J connectivity index is 0.856. The summed E-state index contributed by atoms with van der Waals surface area (Å²) in [4.78, 5) is 92.4. The Morgan fingerprint density at radius 2 is 0.709 bits per heavy atom. The summed E-state index contributed by atoms with van der Waals surface area (Å²) >= 11 is 0. The molecule has 4 N–H and O–H groups in total. The van der Waals surface area contributed by atoms with Crippen LogP contribution in [0.15, 0.2) is 190 Å².